The van der Waals surface area contributed by atoms with Gasteiger partial charge in [-0.05, 0) is 36.0 Å². The summed E-state index contributed by atoms with van der Waals surface area (Å²) in [6.45, 7) is 0. The SMILES string of the molecule is Fc1c[c-]c(-c2ccccn2)cc1.[B].[CH3-].[Ir].[Y+3].[Y].[c-]1ccc(-c2[c-]c(-c3nc4ccccc4n3-c3ccccc3)[c-]cc2)[c-]c1-c1[c-]cccc1. The van der Waals surface area contributed by atoms with Crippen LogP contribution in [0.1, 0.15) is 0 Å². The van der Waals surface area contributed by atoms with Gasteiger partial charge in [-0.2, -0.15) is 17.7 Å². The fraction of sp³-hybridized carbons (Fsp3) is 0. The number of para-hydroxylation sites is 3. The number of fused-ring (bicyclic) bond motifs is 1. The molecule has 8 heteroatoms. The van der Waals surface area contributed by atoms with E-state index in [1.807, 2.05) is 103 Å². The molecule has 0 aliphatic carbocycles. The van der Waals surface area contributed by atoms with Gasteiger partial charge in [0.25, 0.3) is 0 Å². The average Bonchev–Trinajstić information content (AvgIpc) is 3.53. The molecule has 0 saturated carbocycles. The fourth-order valence-electron chi connectivity index (χ4n) is 5.09. The fourth-order valence-corrected chi connectivity index (χ4v) is 5.09. The molecule has 0 spiro atoms. The van der Waals surface area contributed by atoms with Crippen molar-refractivity contribution < 1.29 is 89.9 Å². The van der Waals surface area contributed by atoms with Crippen LogP contribution in [-0.4, -0.2) is 22.9 Å². The van der Waals surface area contributed by atoms with Crippen molar-refractivity contribution in [2.45, 2.75) is 0 Å². The first-order chi connectivity index (χ1) is 22.7. The Balaban J connectivity index is 0.000000430. The maximum Gasteiger partial charge on any atom is 3.00 e. The molecule has 0 fully saturated rings. The summed E-state index contributed by atoms with van der Waals surface area (Å²) < 4.78 is 14.7. The van der Waals surface area contributed by atoms with Crippen molar-refractivity contribution in [3.63, 3.8) is 0 Å². The van der Waals surface area contributed by atoms with Crippen molar-refractivity contribution in [3.05, 3.63) is 195 Å². The summed E-state index contributed by atoms with van der Waals surface area (Å²) in [6.07, 6.45) is 1.70. The molecule has 51 heavy (non-hydrogen) atoms. The van der Waals surface area contributed by atoms with E-state index in [0.717, 1.165) is 61.6 Å². The number of rotatable bonds is 5. The van der Waals surface area contributed by atoms with Gasteiger partial charge in [-0.15, -0.1) is 35.9 Å². The molecule has 0 N–H and O–H groups in total. The maximum atomic E-state index is 12.6. The molecule has 0 atom stereocenters. The first-order valence-electron chi connectivity index (χ1n) is 14.7. The molecule has 0 aliphatic rings. The number of imidazole rings is 1. The normalized spacial score (nSPS) is 9.67. The summed E-state index contributed by atoms with van der Waals surface area (Å²) in [7, 11) is 0. The van der Waals surface area contributed by atoms with E-state index in [0.29, 0.717) is 0 Å². The Morgan fingerprint density at radius 1 is 0.588 bits per heavy atom. The molecule has 3 nitrogen and oxygen atoms in total. The molecule has 2 aromatic heterocycles. The van der Waals surface area contributed by atoms with Gasteiger partial charge in [0.1, 0.15) is 0 Å². The number of nitrogens with zero attached hydrogens (tertiary/aromatic N) is 3. The van der Waals surface area contributed by atoms with Crippen LogP contribution in [0.15, 0.2) is 146 Å². The van der Waals surface area contributed by atoms with Gasteiger partial charge < -0.3 is 50.8 Å². The van der Waals surface area contributed by atoms with E-state index >= 15 is 0 Å². The number of pyridine rings is 1. The Bertz CT molecular complexity index is 2220. The molecule has 0 saturated heterocycles. The van der Waals surface area contributed by atoms with Gasteiger partial charge in [-0.3, -0.25) is 22.1 Å². The van der Waals surface area contributed by atoms with Crippen LogP contribution >= 0.6 is 0 Å². The molecular weight excluding hydrogens is 958 g/mol. The molecule has 0 bridgehead atoms. The van der Waals surface area contributed by atoms with E-state index in [4.69, 9.17) is 4.98 Å². The molecule has 243 valence electrons. The van der Waals surface area contributed by atoms with Gasteiger partial charge in [0, 0.05) is 84.8 Å². The van der Waals surface area contributed by atoms with Crippen LogP contribution in [0.2, 0.25) is 0 Å². The maximum absolute atomic E-state index is 12.6. The minimum atomic E-state index is -0.278. The molecule has 6 aromatic carbocycles. The van der Waals surface area contributed by atoms with Gasteiger partial charge in [-0.25, -0.2) is 36.4 Å². The van der Waals surface area contributed by atoms with E-state index < -0.39 is 0 Å². The van der Waals surface area contributed by atoms with E-state index in [9.17, 15) is 4.39 Å². The zero-order valence-electron chi connectivity index (χ0n) is 27.6. The Morgan fingerprint density at radius 2 is 1.25 bits per heavy atom. The zero-order chi connectivity index (χ0) is 31.1. The number of benzene rings is 6. The van der Waals surface area contributed by atoms with Crippen molar-refractivity contribution in [1.29, 1.82) is 0 Å². The second-order valence-electron chi connectivity index (χ2n) is 10.3. The molecular formula is C43H27BFIrN3Y2-4. The van der Waals surface area contributed by atoms with Gasteiger partial charge in [0.05, 0.1) is 11.0 Å². The van der Waals surface area contributed by atoms with Crippen LogP contribution in [0, 0.1) is 49.6 Å². The van der Waals surface area contributed by atoms with E-state index in [-0.39, 0.29) is 107 Å². The summed E-state index contributed by atoms with van der Waals surface area (Å²) in [5.41, 5.74) is 9.18. The van der Waals surface area contributed by atoms with Gasteiger partial charge in [-0.1, -0.05) is 42.5 Å². The smallest absolute Gasteiger partial charge is 0.408 e. The van der Waals surface area contributed by atoms with Crippen LogP contribution in [0.5, 0.6) is 0 Å². The zero-order valence-corrected chi connectivity index (χ0v) is 35.7. The Kier molecular flexibility index (Phi) is 18.4. The monoisotopic (exact) mass is 986 g/mol. The van der Waals surface area contributed by atoms with Crippen LogP contribution in [-0.2, 0) is 85.5 Å². The number of hydrogen-bond acceptors (Lipinski definition) is 2. The minimum absolute atomic E-state index is 0. The number of aromatic nitrogens is 3. The van der Waals surface area contributed by atoms with E-state index in [2.05, 4.69) is 64.1 Å². The number of hydrogen-bond donors (Lipinski definition) is 0. The summed E-state index contributed by atoms with van der Waals surface area (Å²) in [4.78, 5) is 9.06. The standard InChI is InChI=1S/C31H17N2.C11H7FN.CH3.B.Ir.2Y/c1-3-11-23(12-4-1)24-13-9-14-25(21-24)26-15-10-16-27(22-26)31-32-29-19-7-8-20-30(29)33(31)28-17-5-2-6-18-28;12-10-6-4-9(5-7-10)11-3-1-2-8-13-11;;;;;/h1-11,14-15,17-20H;1-4,6-8H;1H3;;;;/q-5;2*-1;;;;+3. The van der Waals surface area contributed by atoms with Gasteiger partial charge in [0.2, 0.25) is 0 Å². The van der Waals surface area contributed by atoms with Crippen molar-refractivity contribution in [2.24, 2.45) is 0 Å². The van der Waals surface area contributed by atoms with Crippen LogP contribution in [0.25, 0.3) is 61.6 Å². The molecule has 8 aromatic rings. The second-order valence-corrected chi connectivity index (χ2v) is 10.3. The van der Waals surface area contributed by atoms with Gasteiger partial charge in [0.15, 0.2) is 0 Å². The summed E-state index contributed by atoms with van der Waals surface area (Å²) in [5.74, 6) is 0.531. The first-order valence-corrected chi connectivity index (χ1v) is 14.7. The summed E-state index contributed by atoms with van der Waals surface area (Å²) in [5, 5.41) is 0. The summed E-state index contributed by atoms with van der Waals surface area (Å²) in [6, 6.07) is 63.8. The Labute approximate surface area is 365 Å². The first kappa shape index (κ1) is 44.0. The largest absolute Gasteiger partial charge is 3.00 e. The van der Waals surface area contributed by atoms with E-state index in [1.165, 1.54) is 12.1 Å². The summed E-state index contributed by atoms with van der Waals surface area (Å²) >= 11 is 0. The molecule has 8 rings (SSSR count). The predicted molar refractivity (Wildman–Crippen MR) is 192 cm³/mol. The average molecular weight is 986 g/mol. The number of halogens is 1. The van der Waals surface area contributed by atoms with Crippen molar-refractivity contribution >= 4 is 19.4 Å². The molecule has 0 unspecified atom stereocenters. The van der Waals surface area contributed by atoms with Crippen LogP contribution in [0.3, 0.4) is 0 Å². The topological polar surface area (TPSA) is 30.7 Å². The Hall–Kier alpha value is -3.21. The van der Waals surface area contributed by atoms with Crippen molar-refractivity contribution in [3.8, 4) is 50.6 Å². The molecule has 0 aliphatic heterocycles. The molecule has 2 heterocycles. The second kappa shape index (κ2) is 21.3. The Morgan fingerprint density at radius 3 is 1.92 bits per heavy atom. The molecule has 0 amide bonds. The van der Waals surface area contributed by atoms with Gasteiger partial charge >= 0.3 is 32.7 Å². The third-order valence-electron chi connectivity index (χ3n) is 7.26. The van der Waals surface area contributed by atoms with Crippen molar-refractivity contribution in [2.75, 3.05) is 0 Å². The van der Waals surface area contributed by atoms with E-state index in [1.54, 1.807) is 12.3 Å². The van der Waals surface area contributed by atoms with Crippen LogP contribution in [0.4, 0.5) is 4.39 Å². The van der Waals surface area contributed by atoms with Crippen LogP contribution < -0.4 is 0 Å². The third-order valence-corrected chi connectivity index (χ3v) is 7.26. The third kappa shape index (κ3) is 10.7. The quantitative estimate of drug-likeness (QED) is 0.127. The predicted octanol–water partition coefficient (Wildman–Crippen LogP) is 9.78. The minimum Gasteiger partial charge on any atom is -0.408 e. The van der Waals surface area contributed by atoms with Crippen molar-refractivity contribution in [1.82, 2.24) is 14.5 Å². The molecule has 5 radical (unpaired) electrons.